The number of hydrogen-bond acceptors (Lipinski definition) is 3. The number of H-pyrrole nitrogens is 1. The molecule has 0 bridgehead atoms. The van der Waals surface area contributed by atoms with Crippen LogP contribution in [0.5, 0.6) is 0 Å². The summed E-state index contributed by atoms with van der Waals surface area (Å²) in [4.78, 5) is 2.67. The van der Waals surface area contributed by atoms with E-state index in [1.165, 1.54) is 50.8 Å². The molecule has 0 spiro atoms. The minimum atomic E-state index is 0.193. The van der Waals surface area contributed by atoms with Crippen LogP contribution in [0, 0.1) is 0 Å². The normalized spacial score (nSPS) is 26.2. The number of rotatable bonds is 4. The lowest BCUT2D eigenvalue weighted by Crippen LogP contribution is -2.32. The van der Waals surface area contributed by atoms with Crippen LogP contribution in [0.4, 0.5) is 0 Å². The summed E-state index contributed by atoms with van der Waals surface area (Å²) in [6, 6.07) is 3.45. The quantitative estimate of drug-likeness (QED) is 0.858. The number of aliphatic hydroxyl groups excluding tert-OH is 1. The fraction of sp³-hybridized carbons (Fsp3) is 0.786. The molecule has 18 heavy (non-hydrogen) atoms. The molecule has 1 aliphatic carbocycles. The Hall–Kier alpha value is -0.870. The highest BCUT2D eigenvalue weighted by Crippen LogP contribution is 2.37. The zero-order valence-corrected chi connectivity index (χ0v) is 10.9. The van der Waals surface area contributed by atoms with Crippen molar-refractivity contribution in [1.82, 2.24) is 15.1 Å². The van der Waals surface area contributed by atoms with Gasteiger partial charge in [-0.05, 0) is 38.3 Å². The third-order valence-corrected chi connectivity index (χ3v) is 4.46. The SMILES string of the molecule is OCCc1cc(C2CCCN2C2CCCC2)n[nH]1. The average Bonchev–Trinajstić information content (AvgIpc) is 3.10. The van der Waals surface area contributed by atoms with Gasteiger partial charge >= 0.3 is 0 Å². The monoisotopic (exact) mass is 249 g/mol. The van der Waals surface area contributed by atoms with E-state index in [-0.39, 0.29) is 6.61 Å². The summed E-state index contributed by atoms with van der Waals surface area (Å²) < 4.78 is 0. The van der Waals surface area contributed by atoms with Crippen molar-refractivity contribution in [2.75, 3.05) is 13.2 Å². The van der Waals surface area contributed by atoms with E-state index in [1.807, 2.05) is 0 Å². The van der Waals surface area contributed by atoms with Crippen molar-refractivity contribution in [2.24, 2.45) is 0 Å². The molecule has 2 aliphatic rings. The molecule has 1 atom stereocenters. The molecule has 1 saturated carbocycles. The largest absolute Gasteiger partial charge is 0.396 e. The van der Waals surface area contributed by atoms with Gasteiger partial charge in [0.1, 0.15) is 0 Å². The van der Waals surface area contributed by atoms with E-state index in [2.05, 4.69) is 21.2 Å². The lowest BCUT2D eigenvalue weighted by atomic mass is 10.1. The molecule has 2 heterocycles. The van der Waals surface area contributed by atoms with E-state index < -0.39 is 0 Å². The summed E-state index contributed by atoms with van der Waals surface area (Å²) in [6.45, 7) is 1.43. The lowest BCUT2D eigenvalue weighted by molar-refractivity contribution is 0.180. The van der Waals surface area contributed by atoms with E-state index in [0.29, 0.717) is 12.5 Å². The van der Waals surface area contributed by atoms with Gasteiger partial charge in [0.05, 0.1) is 11.7 Å². The highest BCUT2D eigenvalue weighted by Gasteiger charge is 2.34. The van der Waals surface area contributed by atoms with Crippen molar-refractivity contribution < 1.29 is 5.11 Å². The lowest BCUT2D eigenvalue weighted by Gasteiger charge is -2.29. The summed E-state index contributed by atoms with van der Waals surface area (Å²) in [5.41, 5.74) is 2.24. The van der Waals surface area contributed by atoms with Gasteiger partial charge < -0.3 is 5.11 Å². The molecule has 3 rings (SSSR count). The van der Waals surface area contributed by atoms with Gasteiger partial charge in [0.15, 0.2) is 0 Å². The Morgan fingerprint density at radius 2 is 2.11 bits per heavy atom. The number of aromatic amines is 1. The summed E-state index contributed by atoms with van der Waals surface area (Å²) in [7, 11) is 0. The van der Waals surface area contributed by atoms with E-state index in [4.69, 9.17) is 5.11 Å². The maximum Gasteiger partial charge on any atom is 0.0796 e. The van der Waals surface area contributed by atoms with E-state index in [1.54, 1.807) is 0 Å². The van der Waals surface area contributed by atoms with Crippen LogP contribution in [0.3, 0.4) is 0 Å². The van der Waals surface area contributed by atoms with Gasteiger partial charge in [0.25, 0.3) is 0 Å². The molecule has 0 radical (unpaired) electrons. The number of aliphatic hydroxyl groups is 1. The van der Waals surface area contributed by atoms with Crippen LogP contribution in [0.2, 0.25) is 0 Å². The van der Waals surface area contributed by atoms with Crippen molar-refractivity contribution in [3.63, 3.8) is 0 Å². The van der Waals surface area contributed by atoms with Crippen molar-refractivity contribution in [1.29, 1.82) is 0 Å². The standard InChI is InChI=1S/C14H23N3O/c18-9-7-11-10-13(16-15-11)14-6-3-8-17(14)12-4-1-2-5-12/h10,12,14,18H,1-9H2,(H,15,16). The van der Waals surface area contributed by atoms with E-state index in [9.17, 15) is 0 Å². The molecule has 1 aromatic rings. The van der Waals surface area contributed by atoms with Crippen molar-refractivity contribution in [3.05, 3.63) is 17.5 Å². The zero-order chi connectivity index (χ0) is 12.4. The molecule has 1 unspecified atom stereocenters. The molecule has 4 heteroatoms. The van der Waals surface area contributed by atoms with Crippen LogP contribution in [0.1, 0.15) is 56.0 Å². The molecule has 2 fully saturated rings. The summed E-state index contributed by atoms with van der Waals surface area (Å²) in [5, 5.41) is 16.5. The molecular weight excluding hydrogens is 226 g/mol. The Kier molecular flexibility index (Phi) is 3.66. The van der Waals surface area contributed by atoms with Gasteiger partial charge in [-0.25, -0.2) is 0 Å². The molecule has 1 aliphatic heterocycles. The maximum atomic E-state index is 8.96. The van der Waals surface area contributed by atoms with Crippen molar-refractivity contribution >= 4 is 0 Å². The van der Waals surface area contributed by atoms with Gasteiger partial charge in [-0.3, -0.25) is 10.00 Å². The van der Waals surface area contributed by atoms with Crippen LogP contribution < -0.4 is 0 Å². The first-order valence-corrected chi connectivity index (χ1v) is 7.29. The van der Waals surface area contributed by atoms with Gasteiger partial charge in [-0.15, -0.1) is 0 Å². The van der Waals surface area contributed by atoms with Crippen LogP contribution in [-0.2, 0) is 6.42 Å². The van der Waals surface area contributed by atoms with Gasteiger partial charge in [0.2, 0.25) is 0 Å². The zero-order valence-electron chi connectivity index (χ0n) is 10.9. The third-order valence-electron chi connectivity index (χ3n) is 4.46. The molecule has 1 saturated heterocycles. The Labute approximate surface area is 108 Å². The van der Waals surface area contributed by atoms with Crippen LogP contribution >= 0.6 is 0 Å². The van der Waals surface area contributed by atoms with Gasteiger partial charge in [-0.2, -0.15) is 5.10 Å². The Morgan fingerprint density at radius 3 is 2.89 bits per heavy atom. The average molecular weight is 249 g/mol. The topological polar surface area (TPSA) is 52.1 Å². The molecule has 4 nitrogen and oxygen atoms in total. The first-order valence-electron chi connectivity index (χ1n) is 7.29. The Bertz CT molecular complexity index is 384. The Balaban J connectivity index is 1.72. The summed E-state index contributed by atoms with van der Waals surface area (Å²) in [5.74, 6) is 0. The van der Waals surface area contributed by atoms with Crippen LogP contribution in [-0.4, -0.2) is 39.4 Å². The van der Waals surface area contributed by atoms with E-state index >= 15 is 0 Å². The Morgan fingerprint density at radius 1 is 1.28 bits per heavy atom. The van der Waals surface area contributed by atoms with Gasteiger partial charge in [0, 0.05) is 24.8 Å². The highest BCUT2D eigenvalue weighted by atomic mass is 16.3. The number of aromatic nitrogens is 2. The molecular formula is C14H23N3O. The second-order valence-electron chi connectivity index (χ2n) is 5.63. The molecule has 2 N–H and O–H groups in total. The van der Waals surface area contributed by atoms with Crippen molar-refractivity contribution in [3.8, 4) is 0 Å². The van der Waals surface area contributed by atoms with Crippen LogP contribution in [0.15, 0.2) is 6.07 Å². The van der Waals surface area contributed by atoms with E-state index in [0.717, 1.165) is 11.7 Å². The number of nitrogens with zero attached hydrogens (tertiary/aromatic N) is 2. The molecule has 100 valence electrons. The smallest absolute Gasteiger partial charge is 0.0796 e. The minimum absolute atomic E-state index is 0.193. The second-order valence-corrected chi connectivity index (χ2v) is 5.63. The number of nitrogens with one attached hydrogen (secondary N) is 1. The first kappa shape index (κ1) is 12.2. The third kappa shape index (κ3) is 2.31. The fourth-order valence-electron chi connectivity index (χ4n) is 3.58. The molecule has 0 aromatic carbocycles. The van der Waals surface area contributed by atoms with Gasteiger partial charge in [-0.1, -0.05) is 12.8 Å². The van der Waals surface area contributed by atoms with Crippen LogP contribution in [0.25, 0.3) is 0 Å². The maximum absolute atomic E-state index is 8.96. The summed E-state index contributed by atoms with van der Waals surface area (Å²) >= 11 is 0. The first-order chi connectivity index (χ1) is 8.88. The molecule has 0 amide bonds. The summed E-state index contributed by atoms with van der Waals surface area (Å²) in [6.07, 6.45) is 8.73. The minimum Gasteiger partial charge on any atom is -0.396 e. The predicted molar refractivity (Wildman–Crippen MR) is 70.3 cm³/mol. The van der Waals surface area contributed by atoms with Crippen molar-refractivity contribution in [2.45, 2.75) is 57.0 Å². The predicted octanol–water partition coefficient (Wildman–Crippen LogP) is 2.02. The number of likely N-dealkylation sites (tertiary alicyclic amines) is 1. The highest BCUT2D eigenvalue weighted by molar-refractivity contribution is 5.14. The second kappa shape index (κ2) is 5.41. The number of hydrogen-bond donors (Lipinski definition) is 2. The fourth-order valence-corrected chi connectivity index (χ4v) is 3.58. The molecule has 1 aromatic heterocycles.